The number of benzene rings is 1. The van der Waals surface area contributed by atoms with Crippen molar-refractivity contribution >= 4 is 22.6 Å². The average Bonchev–Trinajstić information content (AvgIpc) is 3.15. The van der Waals surface area contributed by atoms with Crippen molar-refractivity contribution in [2.24, 2.45) is 0 Å². The topological polar surface area (TPSA) is 114 Å². The number of nitrogens with one attached hydrogen (secondary N) is 2. The van der Waals surface area contributed by atoms with Crippen LogP contribution in [-0.4, -0.2) is 20.8 Å². The summed E-state index contributed by atoms with van der Waals surface area (Å²) in [7, 11) is 0. The zero-order chi connectivity index (χ0) is 15.7. The number of carbonyl (C=O) groups excluding carboxylic acids is 1. The first-order chi connectivity index (χ1) is 10.5. The molecule has 0 aliphatic heterocycles. The summed E-state index contributed by atoms with van der Waals surface area (Å²) in [5.41, 5.74) is 1.12. The van der Waals surface area contributed by atoms with Crippen molar-refractivity contribution in [3.63, 3.8) is 0 Å². The molecular weight excluding hydrogens is 288 g/mol. The number of aromatic amines is 1. The van der Waals surface area contributed by atoms with E-state index in [1.54, 1.807) is 25.1 Å². The number of nitro benzene ring substituents is 1. The molecule has 2 N–H and O–H groups in total. The van der Waals surface area contributed by atoms with E-state index in [0.29, 0.717) is 16.9 Å². The third kappa shape index (κ3) is 2.53. The van der Waals surface area contributed by atoms with Crippen LogP contribution in [0.3, 0.4) is 0 Å². The number of rotatable bonds is 4. The average molecular weight is 300 g/mol. The summed E-state index contributed by atoms with van der Waals surface area (Å²) in [6.45, 7) is 1.76. The minimum atomic E-state index is -0.470. The fraction of sp³-hybridized carbons (Fsp3) is 0.143. The van der Waals surface area contributed by atoms with Gasteiger partial charge in [-0.15, -0.1) is 0 Å². The fourth-order valence-electron chi connectivity index (χ4n) is 2.08. The molecule has 1 unspecified atom stereocenters. The Morgan fingerprint density at radius 1 is 1.45 bits per heavy atom. The SMILES string of the molecule is CC(NC(=O)c1ccco1)c1nc2ccc([N+](=O)[O-])cc2[nH]1. The predicted molar refractivity (Wildman–Crippen MR) is 77.3 cm³/mol. The van der Waals surface area contributed by atoms with Gasteiger partial charge in [0.15, 0.2) is 5.76 Å². The second kappa shape index (κ2) is 5.32. The highest BCUT2D eigenvalue weighted by Gasteiger charge is 2.17. The molecule has 2 aromatic heterocycles. The molecule has 0 fully saturated rings. The van der Waals surface area contributed by atoms with Crippen LogP contribution in [0.5, 0.6) is 0 Å². The first-order valence-electron chi connectivity index (χ1n) is 6.53. The number of non-ortho nitro benzene ring substituents is 1. The highest BCUT2D eigenvalue weighted by molar-refractivity contribution is 5.91. The first kappa shape index (κ1) is 13.8. The maximum absolute atomic E-state index is 11.9. The molecule has 0 saturated carbocycles. The molecule has 8 nitrogen and oxygen atoms in total. The molecule has 0 aliphatic carbocycles. The zero-order valence-electron chi connectivity index (χ0n) is 11.6. The fourth-order valence-corrected chi connectivity index (χ4v) is 2.08. The Balaban J connectivity index is 1.83. The predicted octanol–water partition coefficient (Wildman–Crippen LogP) is 2.56. The van der Waals surface area contributed by atoms with Crippen LogP contribution in [0.25, 0.3) is 11.0 Å². The Morgan fingerprint density at radius 2 is 2.27 bits per heavy atom. The van der Waals surface area contributed by atoms with Gasteiger partial charge >= 0.3 is 0 Å². The van der Waals surface area contributed by atoms with Crippen LogP contribution in [-0.2, 0) is 0 Å². The van der Waals surface area contributed by atoms with E-state index >= 15 is 0 Å². The summed E-state index contributed by atoms with van der Waals surface area (Å²) >= 11 is 0. The number of aromatic nitrogens is 2. The van der Waals surface area contributed by atoms with E-state index in [2.05, 4.69) is 15.3 Å². The molecule has 0 spiro atoms. The second-order valence-corrected chi connectivity index (χ2v) is 4.75. The molecule has 0 saturated heterocycles. The van der Waals surface area contributed by atoms with Gasteiger partial charge in [0.05, 0.1) is 28.3 Å². The number of nitrogens with zero attached hydrogens (tertiary/aromatic N) is 2. The number of amides is 1. The third-order valence-electron chi connectivity index (χ3n) is 3.20. The van der Waals surface area contributed by atoms with Crippen molar-refractivity contribution in [3.8, 4) is 0 Å². The number of furan rings is 1. The number of hydrogen-bond acceptors (Lipinski definition) is 5. The smallest absolute Gasteiger partial charge is 0.287 e. The van der Waals surface area contributed by atoms with Gasteiger partial charge in [-0.25, -0.2) is 4.98 Å². The first-order valence-corrected chi connectivity index (χ1v) is 6.53. The molecule has 1 atom stereocenters. The molecule has 2 heterocycles. The monoisotopic (exact) mass is 300 g/mol. The number of fused-ring (bicyclic) bond motifs is 1. The van der Waals surface area contributed by atoms with Crippen LogP contribution >= 0.6 is 0 Å². The minimum absolute atomic E-state index is 0.0185. The van der Waals surface area contributed by atoms with Crippen LogP contribution in [0.4, 0.5) is 5.69 Å². The Bertz CT molecular complexity index is 838. The van der Waals surface area contributed by atoms with E-state index in [1.807, 2.05) is 0 Å². The van der Waals surface area contributed by atoms with Crippen molar-refractivity contribution in [2.75, 3.05) is 0 Å². The maximum Gasteiger partial charge on any atom is 0.287 e. The summed E-state index contributed by atoms with van der Waals surface area (Å²) in [5.74, 6) is 0.359. The minimum Gasteiger partial charge on any atom is -0.459 e. The lowest BCUT2D eigenvalue weighted by Gasteiger charge is -2.09. The van der Waals surface area contributed by atoms with Crippen LogP contribution < -0.4 is 5.32 Å². The lowest BCUT2D eigenvalue weighted by Crippen LogP contribution is -2.26. The molecule has 0 bridgehead atoms. The summed E-state index contributed by atoms with van der Waals surface area (Å²) in [5, 5.41) is 13.5. The van der Waals surface area contributed by atoms with E-state index in [0.717, 1.165) is 0 Å². The number of nitro groups is 1. The Kier molecular flexibility index (Phi) is 3.34. The van der Waals surface area contributed by atoms with Crippen LogP contribution in [0.2, 0.25) is 0 Å². The largest absolute Gasteiger partial charge is 0.459 e. The summed E-state index contributed by atoms with van der Waals surface area (Å²) in [6, 6.07) is 7.15. The Hall–Kier alpha value is -3.16. The highest BCUT2D eigenvalue weighted by Crippen LogP contribution is 2.21. The van der Waals surface area contributed by atoms with Crippen molar-refractivity contribution in [2.45, 2.75) is 13.0 Å². The third-order valence-corrected chi connectivity index (χ3v) is 3.20. The molecule has 1 aromatic carbocycles. The van der Waals surface area contributed by atoms with E-state index in [1.165, 1.54) is 18.4 Å². The normalized spacial score (nSPS) is 12.2. The molecule has 112 valence electrons. The van der Waals surface area contributed by atoms with E-state index in [-0.39, 0.29) is 17.4 Å². The zero-order valence-corrected chi connectivity index (χ0v) is 11.6. The Labute approximate surface area is 124 Å². The molecule has 22 heavy (non-hydrogen) atoms. The molecule has 0 aliphatic rings. The lowest BCUT2D eigenvalue weighted by atomic mass is 10.3. The van der Waals surface area contributed by atoms with Crippen molar-refractivity contribution < 1.29 is 14.1 Å². The lowest BCUT2D eigenvalue weighted by molar-refractivity contribution is -0.384. The van der Waals surface area contributed by atoms with Gasteiger partial charge in [0.25, 0.3) is 11.6 Å². The molecule has 1 amide bonds. The van der Waals surface area contributed by atoms with Gasteiger partial charge in [-0.1, -0.05) is 0 Å². The number of imidazole rings is 1. The summed E-state index contributed by atoms with van der Waals surface area (Å²) in [6.07, 6.45) is 1.42. The standard InChI is InChI=1S/C14H12N4O4/c1-8(15-14(19)12-3-2-6-22-12)13-16-10-5-4-9(18(20)21)7-11(10)17-13/h2-8H,1H3,(H,15,19)(H,16,17). The van der Waals surface area contributed by atoms with Gasteiger partial charge in [-0.05, 0) is 25.1 Å². The van der Waals surface area contributed by atoms with Crippen molar-refractivity contribution in [3.05, 3.63) is 58.3 Å². The van der Waals surface area contributed by atoms with Crippen LogP contribution in [0.1, 0.15) is 29.3 Å². The van der Waals surface area contributed by atoms with Gasteiger partial charge in [0.1, 0.15) is 5.82 Å². The highest BCUT2D eigenvalue weighted by atomic mass is 16.6. The molecular formula is C14H12N4O4. The summed E-state index contributed by atoms with van der Waals surface area (Å²) in [4.78, 5) is 29.5. The van der Waals surface area contributed by atoms with E-state index < -0.39 is 11.0 Å². The number of H-pyrrole nitrogens is 1. The molecule has 3 aromatic rings. The van der Waals surface area contributed by atoms with Gasteiger partial charge < -0.3 is 14.7 Å². The van der Waals surface area contributed by atoms with Gasteiger partial charge in [-0.3, -0.25) is 14.9 Å². The molecule has 8 heteroatoms. The van der Waals surface area contributed by atoms with Gasteiger partial charge in [-0.2, -0.15) is 0 Å². The quantitative estimate of drug-likeness (QED) is 0.567. The van der Waals surface area contributed by atoms with E-state index in [9.17, 15) is 14.9 Å². The van der Waals surface area contributed by atoms with Crippen molar-refractivity contribution in [1.29, 1.82) is 0 Å². The van der Waals surface area contributed by atoms with E-state index in [4.69, 9.17) is 4.42 Å². The Morgan fingerprint density at radius 3 is 2.95 bits per heavy atom. The second-order valence-electron chi connectivity index (χ2n) is 4.75. The molecule has 0 radical (unpaired) electrons. The number of carbonyl (C=O) groups is 1. The van der Waals surface area contributed by atoms with Crippen LogP contribution in [0.15, 0.2) is 41.0 Å². The van der Waals surface area contributed by atoms with Gasteiger partial charge in [0, 0.05) is 12.1 Å². The van der Waals surface area contributed by atoms with Crippen LogP contribution in [0, 0.1) is 10.1 Å². The number of hydrogen-bond donors (Lipinski definition) is 2. The van der Waals surface area contributed by atoms with Gasteiger partial charge in [0.2, 0.25) is 0 Å². The maximum atomic E-state index is 11.9. The molecule has 3 rings (SSSR count). The van der Waals surface area contributed by atoms with Crippen molar-refractivity contribution in [1.82, 2.24) is 15.3 Å². The summed E-state index contributed by atoms with van der Waals surface area (Å²) < 4.78 is 5.02.